The van der Waals surface area contributed by atoms with E-state index in [-0.39, 0.29) is 11.5 Å². The zero-order valence-electron chi connectivity index (χ0n) is 11.2. The Morgan fingerprint density at radius 1 is 1.24 bits per heavy atom. The number of halogens is 2. The first-order chi connectivity index (χ1) is 9.97. The molecule has 3 rings (SSSR count). The van der Waals surface area contributed by atoms with Gasteiger partial charge in [0.2, 0.25) is 0 Å². The third-order valence-corrected chi connectivity index (χ3v) is 3.69. The number of fused-ring (bicyclic) bond motifs is 1. The van der Waals surface area contributed by atoms with Gasteiger partial charge in [-0.05, 0) is 30.3 Å². The second-order valence-electron chi connectivity index (χ2n) is 4.88. The Morgan fingerprint density at radius 2 is 2.00 bits per heavy atom. The van der Waals surface area contributed by atoms with Gasteiger partial charge in [-0.3, -0.25) is 4.79 Å². The Balaban J connectivity index is 2.15. The molecule has 0 saturated heterocycles. The largest absolute Gasteiger partial charge is 0.396 e. The molecule has 0 fully saturated rings. The number of nitrogens with zero attached hydrogens (tertiary/aromatic N) is 1. The highest BCUT2D eigenvalue weighted by Crippen LogP contribution is 2.26. The van der Waals surface area contributed by atoms with E-state index in [9.17, 15) is 9.18 Å². The van der Waals surface area contributed by atoms with Crippen molar-refractivity contribution in [2.24, 2.45) is 7.05 Å². The minimum absolute atomic E-state index is 0.0378. The standard InChI is InChI=1S/C16H12ClFN2O/c1-20-8-12(11-4-3-10(17)7-15(11)20)16(21)9-2-5-13(18)14(19)6-9/h2-8H,19H2,1H3. The number of ketones is 1. The molecule has 0 aliphatic heterocycles. The Bertz CT molecular complexity index is 870. The number of benzene rings is 2. The predicted octanol–water partition coefficient (Wildman–Crippen LogP) is 3.78. The number of rotatable bonds is 2. The van der Waals surface area contributed by atoms with E-state index in [1.54, 1.807) is 24.4 Å². The summed E-state index contributed by atoms with van der Waals surface area (Å²) in [5.74, 6) is -0.731. The van der Waals surface area contributed by atoms with Crippen molar-refractivity contribution in [3.8, 4) is 0 Å². The van der Waals surface area contributed by atoms with Gasteiger partial charge < -0.3 is 10.3 Å². The molecule has 0 saturated carbocycles. The van der Waals surface area contributed by atoms with Crippen LogP contribution < -0.4 is 5.73 Å². The van der Waals surface area contributed by atoms with E-state index in [0.29, 0.717) is 16.1 Å². The molecular formula is C16H12ClFN2O. The van der Waals surface area contributed by atoms with Crippen LogP contribution in [0.1, 0.15) is 15.9 Å². The molecule has 0 unspecified atom stereocenters. The SMILES string of the molecule is Cn1cc(C(=O)c2ccc(F)c(N)c2)c2ccc(Cl)cc21. The van der Waals surface area contributed by atoms with Crippen LogP contribution in [0.3, 0.4) is 0 Å². The molecule has 3 nitrogen and oxygen atoms in total. The van der Waals surface area contributed by atoms with E-state index < -0.39 is 5.82 Å². The molecule has 1 heterocycles. The fourth-order valence-electron chi connectivity index (χ4n) is 2.38. The summed E-state index contributed by atoms with van der Waals surface area (Å²) in [5, 5.41) is 1.41. The summed E-state index contributed by atoms with van der Waals surface area (Å²) in [7, 11) is 1.84. The Morgan fingerprint density at radius 3 is 2.71 bits per heavy atom. The van der Waals surface area contributed by atoms with Crippen molar-refractivity contribution >= 4 is 34.0 Å². The first-order valence-electron chi connectivity index (χ1n) is 6.31. The summed E-state index contributed by atoms with van der Waals surface area (Å²) in [6.45, 7) is 0. The molecule has 2 aromatic carbocycles. The van der Waals surface area contributed by atoms with Crippen molar-refractivity contribution in [1.29, 1.82) is 0 Å². The van der Waals surface area contributed by atoms with Crippen molar-refractivity contribution in [3.05, 3.63) is 64.6 Å². The zero-order valence-corrected chi connectivity index (χ0v) is 12.0. The van der Waals surface area contributed by atoms with Gasteiger partial charge in [0.25, 0.3) is 0 Å². The molecule has 0 spiro atoms. The highest BCUT2D eigenvalue weighted by molar-refractivity contribution is 6.31. The van der Waals surface area contributed by atoms with Crippen LogP contribution in [0, 0.1) is 5.82 Å². The van der Waals surface area contributed by atoms with Gasteiger partial charge in [-0.2, -0.15) is 0 Å². The lowest BCUT2D eigenvalue weighted by atomic mass is 10.0. The number of carbonyl (C=O) groups is 1. The van der Waals surface area contributed by atoms with Crippen molar-refractivity contribution in [2.45, 2.75) is 0 Å². The molecule has 2 N–H and O–H groups in total. The molecule has 3 aromatic rings. The van der Waals surface area contributed by atoms with Crippen LogP contribution in [0.25, 0.3) is 10.9 Å². The number of hydrogen-bond acceptors (Lipinski definition) is 2. The van der Waals surface area contributed by atoms with Crippen LogP contribution in [0.2, 0.25) is 5.02 Å². The number of nitrogens with two attached hydrogens (primary N) is 1. The lowest BCUT2D eigenvalue weighted by Gasteiger charge is -2.02. The van der Waals surface area contributed by atoms with Crippen LogP contribution in [-0.4, -0.2) is 10.4 Å². The molecular weight excluding hydrogens is 291 g/mol. The fourth-order valence-corrected chi connectivity index (χ4v) is 2.54. The number of anilines is 1. The second-order valence-corrected chi connectivity index (χ2v) is 5.32. The molecule has 0 amide bonds. The molecule has 0 radical (unpaired) electrons. The normalized spacial score (nSPS) is 11.0. The summed E-state index contributed by atoms with van der Waals surface area (Å²) >= 11 is 5.98. The number of carbonyl (C=O) groups excluding carboxylic acids is 1. The molecule has 0 aliphatic carbocycles. The molecule has 106 valence electrons. The predicted molar refractivity (Wildman–Crippen MR) is 82.2 cm³/mol. The molecule has 0 bridgehead atoms. The minimum Gasteiger partial charge on any atom is -0.396 e. The summed E-state index contributed by atoms with van der Waals surface area (Å²) < 4.78 is 15.0. The highest BCUT2D eigenvalue weighted by Gasteiger charge is 2.16. The first-order valence-corrected chi connectivity index (χ1v) is 6.69. The maximum absolute atomic E-state index is 13.2. The van der Waals surface area contributed by atoms with Gasteiger partial charge in [0.05, 0.1) is 5.69 Å². The Kier molecular flexibility index (Phi) is 3.18. The Labute approximate surface area is 125 Å². The van der Waals surface area contributed by atoms with E-state index in [0.717, 1.165) is 10.9 Å². The van der Waals surface area contributed by atoms with Gasteiger partial charge in [0.15, 0.2) is 5.78 Å². The van der Waals surface area contributed by atoms with Gasteiger partial charge in [0.1, 0.15) is 5.82 Å². The fraction of sp³-hybridized carbons (Fsp3) is 0.0625. The van der Waals surface area contributed by atoms with E-state index in [1.165, 1.54) is 18.2 Å². The third kappa shape index (κ3) is 2.28. The van der Waals surface area contributed by atoms with Gasteiger partial charge >= 0.3 is 0 Å². The second kappa shape index (κ2) is 4.90. The average Bonchev–Trinajstić information content (AvgIpc) is 2.78. The molecule has 5 heteroatoms. The van der Waals surface area contributed by atoms with Crippen molar-refractivity contribution in [2.75, 3.05) is 5.73 Å². The Hall–Kier alpha value is -2.33. The van der Waals surface area contributed by atoms with Gasteiger partial charge in [-0.15, -0.1) is 0 Å². The highest BCUT2D eigenvalue weighted by atomic mass is 35.5. The quantitative estimate of drug-likeness (QED) is 0.578. The lowest BCUT2D eigenvalue weighted by Crippen LogP contribution is -2.02. The molecule has 0 atom stereocenters. The summed E-state index contributed by atoms with van der Waals surface area (Å²) in [6.07, 6.45) is 1.74. The van der Waals surface area contributed by atoms with Crippen LogP contribution in [0.15, 0.2) is 42.6 Å². The lowest BCUT2D eigenvalue weighted by molar-refractivity contribution is 0.104. The van der Waals surface area contributed by atoms with E-state index in [2.05, 4.69) is 0 Å². The number of hydrogen-bond donors (Lipinski definition) is 1. The summed E-state index contributed by atoms with van der Waals surface area (Å²) in [4.78, 5) is 12.6. The van der Waals surface area contributed by atoms with Gasteiger partial charge in [0, 0.05) is 40.3 Å². The summed E-state index contributed by atoms with van der Waals surface area (Å²) in [5.41, 5.74) is 7.24. The van der Waals surface area contributed by atoms with Crippen molar-refractivity contribution in [1.82, 2.24) is 4.57 Å². The van der Waals surface area contributed by atoms with Gasteiger partial charge in [-0.25, -0.2) is 4.39 Å². The van der Waals surface area contributed by atoms with Crippen LogP contribution in [-0.2, 0) is 7.05 Å². The molecule has 21 heavy (non-hydrogen) atoms. The smallest absolute Gasteiger partial charge is 0.195 e. The number of aryl methyl sites for hydroxylation is 1. The first kappa shape index (κ1) is 13.6. The van der Waals surface area contributed by atoms with Crippen LogP contribution >= 0.6 is 11.6 Å². The monoisotopic (exact) mass is 302 g/mol. The number of nitrogen functional groups attached to an aromatic ring is 1. The van der Waals surface area contributed by atoms with Crippen molar-refractivity contribution in [3.63, 3.8) is 0 Å². The average molecular weight is 303 g/mol. The van der Waals surface area contributed by atoms with Crippen LogP contribution in [0.4, 0.5) is 10.1 Å². The topological polar surface area (TPSA) is 48.0 Å². The number of aromatic nitrogens is 1. The van der Waals surface area contributed by atoms with E-state index >= 15 is 0 Å². The van der Waals surface area contributed by atoms with E-state index in [4.69, 9.17) is 17.3 Å². The zero-order chi connectivity index (χ0) is 15.1. The molecule has 1 aromatic heterocycles. The van der Waals surface area contributed by atoms with Crippen LogP contribution in [0.5, 0.6) is 0 Å². The van der Waals surface area contributed by atoms with Gasteiger partial charge in [-0.1, -0.05) is 17.7 Å². The summed E-state index contributed by atoms with van der Waals surface area (Å²) in [6, 6.07) is 9.32. The minimum atomic E-state index is -0.531. The molecule has 0 aliphatic rings. The maximum Gasteiger partial charge on any atom is 0.195 e. The van der Waals surface area contributed by atoms with Crippen molar-refractivity contribution < 1.29 is 9.18 Å². The van der Waals surface area contributed by atoms with E-state index in [1.807, 2.05) is 11.6 Å². The maximum atomic E-state index is 13.2. The third-order valence-electron chi connectivity index (χ3n) is 3.46.